The average Bonchev–Trinajstić information content (AvgIpc) is 2.17. The lowest BCUT2D eigenvalue weighted by atomic mass is 9.84. The molecule has 1 unspecified atom stereocenters. The molecule has 1 aliphatic carbocycles. The molecule has 1 aliphatic rings. The number of aliphatic hydroxyl groups excluding tert-OH is 1. The Kier molecular flexibility index (Phi) is 2.32. The molecule has 0 aliphatic heterocycles. The fourth-order valence-electron chi connectivity index (χ4n) is 1.95. The van der Waals surface area contributed by atoms with Gasteiger partial charge >= 0.3 is 0 Å². The molecule has 0 saturated carbocycles. The number of halogens is 1. The van der Waals surface area contributed by atoms with E-state index in [0.29, 0.717) is 5.92 Å². The molecule has 13 heavy (non-hydrogen) atoms. The monoisotopic (exact) mass is 180 g/mol. The van der Waals surface area contributed by atoms with Crippen LogP contribution in [0.25, 0.3) is 0 Å². The van der Waals surface area contributed by atoms with E-state index in [2.05, 4.69) is 0 Å². The summed E-state index contributed by atoms with van der Waals surface area (Å²) in [6.07, 6.45) is 2.78. The maximum absolute atomic E-state index is 12.8. The van der Waals surface area contributed by atoms with Crippen molar-refractivity contribution in [2.75, 3.05) is 6.61 Å². The lowest BCUT2D eigenvalue weighted by Gasteiger charge is -2.22. The standard InChI is InChI=1S/C11H13FO/c12-11-4-3-9-5-8(7-13)1-2-10(9)6-11/h3-4,6,8,13H,1-2,5,7H2. The quantitative estimate of drug-likeness (QED) is 0.700. The summed E-state index contributed by atoms with van der Waals surface area (Å²) in [6.45, 7) is 0.247. The lowest BCUT2D eigenvalue weighted by Crippen LogP contribution is -2.17. The van der Waals surface area contributed by atoms with Gasteiger partial charge in [0.05, 0.1) is 0 Å². The topological polar surface area (TPSA) is 20.2 Å². The molecule has 70 valence electrons. The predicted molar refractivity (Wildman–Crippen MR) is 49.0 cm³/mol. The maximum Gasteiger partial charge on any atom is 0.123 e. The minimum Gasteiger partial charge on any atom is -0.396 e. The highest BCUT2D eigenvalue weighted by Gasteiger charge is 2.17. The summed E-state index contributed by atoms with van der Waals surface area (Å²) in [6, 6.07) is 4.95. The van der Waals surface area contributed by atoms with Crippen LogP contribution in [0.5, 0.6) is 0 Å². The van der Waals surface area contributed by atoms with Crippen molar-refractivity contribution in [3.05, 3.63) is 35.1 Å². The number of aliphatic hydroxyl groups is 1. The normalized spacial score (nSPS) is 21.2. The van der Waals surface area contributed by atoms with Crippen LogP contribution in [0.4, 0.5) is 4.39 Å². The van der Waals surface area contributed by atoms with E-state index < -0.39 is 0 Å². The van der Waals surface area contributed by atoms with Crippen LogP contribution in [-0.2, 0) is 12.8 Å². The van der Waals surface area contributed by atoms with Gasteiger partial charge in [-0.15, -0.1) is 0 Å². The van der Waals surface area contributed by atoms with E-state index in [1.807, 2.05) is 6.07 Å². The molecular weight excluding hydrogens is 167 g/mol. The van der Waals surface area contributed by atoms with E-state index >= 15 is 0 Å². The van der Waals surface area contributed by atoms with Gasteiger partial charge in [0.1, 0.15) is 5.82 Å². The van der Waals surface area contributed by atoms with Gasteiger partial charge in [-0.2, -0.15) is 0 Å². The van der Waals surface area contributed by atoms with E-state index in [1.54, 1.807) is 6.07 Å². The fraction of sp³-hybridized carbons (Fsp3) is 0.455. The highest BCUT2D eigenvalue weighted by molar-refractivity contribution is 5.30. The van der Waals surface area contributed by atoms with E-state index in [4.69, 9.17) is 5.11 Å². The summed E-state index contributed by atoms with van der Waals surface area (Å²) < 4.78 is 12.8. The molecule has 1 atom stereocenters. The molecule has 2 rings (SSSR count). The first-order chi connectivity index (χ1) is 6.29. The van der Waals surface area contributed by atoms with Crippen molar-refractivity contribution in [1.29, 1.82) is 0 Å². The Morgan fingerprint density at radius 1 is 1.38 bits per heavy atom. The Morgan fingerprint density at radius 3 is 3.00 bits per heavy atom. The van der Waals surface area contributed by atoms with Gasteiger partial charge in [0.2, 0.25) is 0 Å². The van der Waals surface area contributed by atoms with Crippen LogP contribution in [0.15, 0.2) is 18.2 Å². The Labute approximate surface area is 77.2 Å². The minimum atomic E-state index is -0.152. The third-order valence-electron chi connectivity index (χ3n) is 2.76. The van der Waals surface area contributed by atoms with E-state index in [0.717, 1.165) is 24.8 Å². The Balaban J connectivity index is 2.26. The second kappa shape index (κ2) is 3.46. The molecule has 1 aromatic carbocycles. The van der Waals surface area contributed by atoms with E-state index in [9.17, 15) is 4.39 Å². The van der Waals surface area contributed by atoms with Gasteiger partial charge in [-0.3, -0.25) is 0 Å². The molecule has 0 radical (unpaired) electrons. The molecular formula is C11H13FO. The Bertz CT molecular complexity index is 309. The number of benzene rings is 1. The summed E-state index contributed by atoms with van der Waals surface area (Å²) in [7, 11) is 0. The van der Waals surface area contributed by atoms with Gasteiger partial charge in [0.25, 0.3) is 0 Å². The van der Waals surface area contributed by atoms with Gasteiger partial charge in [-0.05, 0) is 48.4 Å². The van der Waals surface area contributed by atoms with Crippen LogP contribution in [0.3, 0.4) is 0 Å². The van der Waals surface area contributed by atoms with E-state index in [1.165, 1.54) is 11.6 Å². The lowest BCUT2D eigenvalue weighted by molar-refractivity contribution is 0.213. The second-order valence-corrected chi connectivity index (χ2v) is 3.70. The number of hydrogen-bond acceptors (Lipinski definition) is 1. The first-order valence-electron chi connectivity index (χ1n) is 4.68. The fourth-order valence-corrected chi connectivity index (χ4v) is 1.95. The predicted octanol–water partition coefficient (Wildman–Crippen LogP) is 1.92. The van der Waals surface area contributed by atoms with Crippen molar-refractivity contribution in [2.45, 2.75) is 19.3 Å². The van der Waals surface area contributed by atoms with Crippen molar-refractivity contribution < 1.29 is 9.50 Å². The summed E-state index contributed by atoms with van der Waals surface area (Å²) in [5.74, 6) is 0.221. The van der Waals surface area contributed by atoms with Crippen LogP contribution >= 0.6 is 0 Å². The Morgan fingerprint density at radius 2 is 2.23 bits per heavy atom. The molecule has 0 amide bonds. The van der Waals surface area contributed by atoms with E-state index in [-0.39, 0.29) is 12.4 Å². The molecule has 0 aromatic heterocycles. The van der Waals surface area contributed by atoms with Crippen molar-refractivity contribution in [1.82, 2.24) is 0 Å². The third-order valence-corrected chi connectivity index (χ3v) is 2.76. The number of hydrogen-bond donors (Lipinski definition) is 1. The first-order valence-corrected chi connectivity index (χ1v) is 4.68. The largest absolute Gasteiger partial charge is 0.396 e. The molecule has 1 aromatic rings. The minimum absolute atomic E-state index is 0.152. The van der Waals surface area contributed by atoms with Gasteiger partial charge < -0.3 is 5.11 Å². The molecule has 0 fully saturated rings. The molecule has 1 nitrogen and oxygen atoms in total. The van der Waals surface area contributed by atoms with Crippen LogP contribution in [0.2, 0.25) is 0 Å². The van der Waals surface area contributed by atoms with Crippen molar-refractivity contribution >= 4 is 0 Å². The highest BCUT2D eigenvalue weighted by Crippen LogP contribution is 2.25. The van der Waals surface area contributed by atoms with Crippen molar-refractivity contribution in [3.63, 3.8) is 0 Å². The summed E-state index contributed by atoms with van der Waals surface area (Å²) in [4.78, 5) is 0. The molecule has 0 saturated heterocycles. The average molecular weight is 180 g/mol. The maximum atomic E-state index is 12.8. The summed E-state index contributed by atoms with van der Waals surface area (Å²) in [5.41, 5.74) is 2.32. The SMILES string of the molecule is OCC1CCc2cc(F)ccc2C1. The molecule has 0 spiro atoms. The number of rotatable bonds is 1. The Hall–Kier alpha value is -0.890. The molecule has 0 heterocycles. The summed E-state index contributed by atoms with van der Waals surface area (Å²) >= 11 is 0. The molecule has 2 heteroatoms. The van der Waals surface area contributed by atoms with Crippen molar-refractivity contribution in [3.8, 4) is 0 Å². The smallest absolute Gasteiger partial charge is 0.123 e. The third kappa shape index (κ3) is 1.73. The zero-order chi connectivity index (χ0) is 9.26. The number of aryl methyl sites for hydroxylation is 1. The van der Waals surface area contributed by atoms with Gasteiger partial charge in [0.15, 0.2) is 0 Å². The van der Waals surface area contributed by atoms with Crippen LogP contribution in [0, 0.1) is 11.7 Å². The van der Waals surface area contributed by atoms with Crippen LogP contribution in [-0.4, -0.2) is 11.7 Å². The van der Waals surface area contributed by atoms with Crippen molar-refractivity contribution in [2.24, 2.45) is 5.92 Å². The molecule has 0 bridgehead atoms. The summed E-state index contributed by atoms with van der Waals surface area (Å²) in [5, 5.41) is 9.00. The zero-order valence-electron chi connectivity index (χ0n) is 7.46. The van der Waals surface area contributed by atoms with Crippen LogP contribution in [0.1, 0.15) is 17.5 Å². The molecule has 1 N–H and O–H groups in total. The van der Waals surface area contributed by atoms with Crippen LogP contribution < -0.4 is 0 Å². The zero-order valence-corrected chi connectivity index (χ0v) is 7.46. The highest BCUT2D eigenvalue weighted by atomic mass is 19.1. The second-order valence-electron chi connectivity index (χ2n) is 3.70. The van der Waals surface area contributed by atoms with Gasteiger partial charge in [-0.25, -0.2) is 4.39 Å². The van der Waals surface area contributed by atoms with Gasteiger partial charge in [0, 0.05) is 6.61 Å². The first kappa shape index (κ1) is 8.70. The number of fused-ring (bicyclic) bond motifs is 1. The van der Waals surface area contributed by atoms with Gasteiger partial charge in [-0.1, -0.05) is 6.07 Å².